The van der Waals surface area contributed by atoms with Gasteiger partial charge >= 0.3 is 18.8 Å². The van der Waals surface area contributed by atoms with Crippen LogP contribution in [0.15, 0.2) is 115 Å². The average Bonchev–Trinajstić information content (AvgIpc) is 3.61. The van der Waals surface area contributed by atoms with Crippen molar-refractivity contribution >= 4 is 54.2 Å². The van der Waals surface area contributed by atoms with Gasteiger partial charge in [0.2, 0.25) is 20.0 Å². The van der Waals surface area contributed by atoms with E-state index in [9.17, 15) is 57.5 Å². The molecule has 24 nitrogen and oxygen atoms in total. The number of non-ortho nitro benzene ring substituents is 2. The molecule has 4 aromatic carbocycles. The second-order valence-electron chi connectivity index (χ2n) is 11.6. The van der Waals surface area contributed by atoms with Crippen molar-refractivity contribution in [3.63, 3.8) is 0 Å². The molecule has 0 amide bonds. The molecule has 27 heteroatoms. The minimum atomic E-state index is -3.98. The topological polar surface area (TPSA) is 384 Å². The first kappa shape index (κ1) is 44.6. The number of nitrogens with two attached hydrogens (primary N) is 2. The van der Waals surface area contributed by atoms with Crippen LogP contribution in [0.1, 0.15) is 12.8 Å². The normalized spacial score (nSPS) is 11.6. The summed E-state index contributed by atoms with van der Waals surface area (Å²) in [6, 6.07) is 16.6. The average molecular weight is 886 g/mol. The summed E-state index contributed by atoms with van der Waals surface area (Å²) in [7, 11) is -7.96. The van der Waals surface area contributed by atoms with Crippen LogP contribution in [0.2, 0.25) is 0 Å². The van der Waals surface area contributed by atoms with Gasteiger partial charge < -0.3 is 20.4 Å². The van der Waals surface area contributed by atoms with E-state index in [-0.39, 0.29) is 74.1 Å². The summed E-state index contributed by atoms with van der Waals surface area (Å²) in [5, 5.41) is 103. The van der Waals surface area contributed by atoms with E-state index in [1.165, 1.54) is 62.4 Å². The van der Waals surface area contributed by atoms with E-state index in [0.717, 1.165) is 45.8 Å². The van der Waals surface area contributed by atoms with Crippen molar-refractivity contribution < 1.29 is 65.9 Å². The quantitative estimate of drug-likeness (QED) is 0.113. The van der Waals surface area contributed by atoms with Crippen LogP contribution in [0, 0.1) is 34.1 Å². The first-order chi connectivity index (χ1) is 27.1. The molecule has 59 heavy (non-hydrogen) atoms. The van der Waals surface area contributed by atoms with E-state index in [4.69, 9.17) is 10.3 Å². The number of azo groups is 2. The van der Waals surface area contributed by atoms with E-state index < -0.39 is 64.5 Å². The fourth-order valence-electron chi connectivity index (χ4n) is 4.77. The van der Waals surface area contributed by atoms with Crippen molar-refractivity contribution in [2.75, 3.05) is 0 Å². The summed E-state index contributed by atoms with van der Waals surface area (Å²) >= 11 is 0. The number of benzene rings is 4. The molecule has 0 atom stereocenters. The van der Waals surface area contributed by atoms with Gasteiger partial charge in [-0.2, -0.15) is 20.4 Å². The van der Waals surface area contributed by atoms with Gasteiger partial charge in [-0.3, -0.25) is 20.2 Å². The monoisotopic (exact) mass is 885 g/mol. The van der Waals surface area contributed by atoms with Crippen LogP contribution in [0.5, 0.6) is 23.3 Å². The van der Waals surface area contributed by atoms with Crippen molar-refractivity contribution in [1.82, 2.24) is 19.6 Å². The van der Waals surface area contributed by atoms with Gasteiger partial charge in [0.05, 0.1) is 53.8 Å². The van der Waals surface area contributed by atoms with Gasteiger partial charge in [-0.1, -0.05) is 23.6 Å². The predicted octanol–water partition coefficient (Wildman–Crippen LogP) is 2.71. The molecule has 0 aliphatic heterocycles. The number of hydrogen-bond acceptors (Lipinski definition) is 18. The molecule has 0 unspecified atom stereocenters. The number of nitro groups is 2. The molecule has 6 rings (SSSR count). The Morgan fingerprint density at radius 1 is 0.593 bits per heavy atom. The summed E-state index contributed by atoms with van der Waals surface area (Å²) in [6.45, 7) is 2.95. The molecule has 0 saturated heterocycles. The smallest absolute Gasteiger partial charge is 0.871 e. The summed E-state index contributed by atoms with van der Waals surface area (Å²) in [5.74, 6) is -2.87. The fraction of sp³-hybridized carbons (Fsp3) is 0.0625. The second-order valence-corrected chi connectivity index (χ2v) is 14.7. The van der Waals surface area contributed by atoms with Crippen LogP contribution in [-0.2, 0) is 37.4 Å². The number of rotatable bonds is 10. The van der Waals surface area contributed by atoms with Crippen LogP contribution in [-0.4, -0.2) is 46.2 Å². The number of nitro benzene ring substituents is 2. The van der Waals surface area contributed by atoms with E-state index in [1.54, 1.807) is 0 Å². The maximum Gasteiger partial charge on any atom is 3.00 e. The van der Waals surface area contributed by atoms with E-state index in [0.29, 0.717) is 0 Å². The van der Waals surface area contributed by atoms with Gasteiger partial charge in [0.1, 0.15) is 11.4 Å². The Labute approximate surface area is 344 Å². The Morgan fingerprint density at radius 2 is 0.949 bits per heavy atom. The third-order valence-electron chi connectivity index (χ3n) is 7.58. The molecule has 0 spiro atoms. The van der Waals surface area contributed by atoms with Crippen molar-refractivity contribution in [2.24, 2.45) is 30.7 Å². The van der Waals surface area contributed by atoms with Crippen LogP contribution < -0.4 is 30.7 Å². The molecule has 0 aliphatic carbocycles. The first-order valence-corrected chi connectivity index (χ1v) is 18.8. The van der Waals surface area contributed by atoms with Crippen molar-refractivity contribution in [3.05, 3.63) is 117 Å². The molecule has 0 saturated carbocycles. The summed E-state index contributed by atoms with van der Waals surface area (Å²) in [4.78, 5) is 19.5. The Kier molecular flexibility index (Phi) is 13.3. The zero-order chi connectivity index (χ0) is 42.7. The number of sulfonamides is 2. The number of nitrogens with zero attached hydrogens (tertiary/aromatic N) is 10. The van der Waals surface area contributed by atoms with Gasteiger partial charge in [0.25, 0.3) is 11.4 Å². The third-order valence-corrected chi connectivity index (χ3v) is 9.40. The number of aromatic nitrogens is 4. The van der Waals surface area contributed by atoms with Gasteiger partial charge in [0.15, 0.2) is 0 Å². The van der Waals surface area contributed by atoms with Crippen LogP contribution in [0.3, 0.4) is 0 Å². The van der Waals surface area contributed by atoms with Gasteiger partial charge in [-0.15, -0.1) is 10.2 Å². The molecule has 4 N–H and O–H groups in total. The van der Waals surface area contributed by atoms with Crippen molar-refractivity contribution in [3.8, 4) is 34.6 Å². The molecule has 0 aliphatic rings. The van der Waals surface area contributed by atoms with Crippen LogP contribution in [0.25, 0.3) is 11.4 Å². The van der Waals surface area contributed by atoms with Crippen molar-refractivity contribution in [1.29, 1.82) is 0 Å². The molecule has 0 fully saturated rings. The zero-order valence-corrected chi connectivity index (χ0v) is 32.7. The molecule has 303 valence electrons. The van der Waals surface area contributed by atoms with Gasteiger partial charge in [-0.25, -0.2) is 36.5 Å². The molecule has 2 aromatic heterocycles. The predicted molar refractivity (Wildman–Crippen MR) is 193 cm³/mol. The van der Waals surface area contributed by atoms with Gasteiger partial charge in [-0.05, 0) is 62.4 Å². The second kappa shape index (κ2) is 17.6. The number of primary sulfonamides is 2. The zero-order valence-electron chi connectivity index (χ0n) is 30.8. The summed E-state index contributed by atoms with van der Waals surface area (Å²) < 4.78 is 47.8. The SMILES string of the molecule is Cc1nn(-c2cccc(S(N)(=O)=O)c2)c([O-])c1N=Nc1ccc([N+](=O)[O-])cc1[O-].Cc1nn(-c2cccc(S(N)(=O)=O)c2)c([O-])c1N=Nc1ccc([N+](=O)[O-])cc1[O-].[Cr+3].[H+]. The Balaban J connectivity index is 0.000000310. The first-order valence-electron chi connectivity index (χ1n) is 15.7. The largest absolute Gasteiger partial charge is 3.00 e. The molecule has 6 aromatic rings. The van der Waals surface area contributed by atoms with Crippen LogP contribution in [0.4, 0.5) is 34.1 Å². The van der Waals surface area contributed by atoms with Crippen molar-refractivity contribution in [2.45, 2.75) is 23.6 Å². The van der Waals surface area contributed by atoms with Crippen LogP contribution >= 0.6 is 0 Å². The molecular formula is C32H25CrN12O12S2. The minimum absolute atomic E-state index is 0. The third kappa shape index (κ3) is 10.2. The Morgan fingerprint density at radius 3 is 1.25 bits per heavy atom. The maximum atomic E-state index is 12.6. The maximum absolute atomic E-state index is 12.6. The fourth-order valence-corrected chi connectivity index (χ4v) is 5.87. The molecular weight excluding hydrogens is 861 g/mol. The van der Waals surface area contributed by atoms with E-state index >= 15 is 0 Å². The Bertz CT molecular complexity index is 2710. The van der Waals surface area contributed by atoms with E-state index in [2.05, 4.69) is 30.7 Å². The molecule has 2 heterocycles. The summed E-state index contributed by atoms with van der Waals surface area (Å²) in [6.07, 6.45) is 0. The number of aryl methyl sites for hydroxylation is 2. The number of hydrogen-bond donors (Lipinski definition) is 2. The molecule has 0 bridgehead atoms. The van der Waals surface area contributed by atoms with E-state index in [1.807, 2.05) is 0 Å². The Hall–Kier alpha value is -7.15. The molecule has 1 radical (unpaired) electrons. The minimum Gasteiger partial charge on any atom is -0.871 e. The van der Waals surface area contributed by atoms with Gasteiger partial charge in [0, 0.05) is 36.0 Å². The standard InChI is InChI=1S/2C16H14N6O6S.Cr/c2*1-9-15(19-18-13-6-5-11(22(25)26)8-14(13)23)16(24)21(20-9)10-3-2-4-12(7-10)29(17,27)28;/h2*2-8,23-24H,1H3,(H2,17,27,28);/q;;+3/p-3. The summed E-state index contributed by atoms with van der Waals surface area (Å²) in [5.41, 5.74) is -0.890.